The average Bonchev–Trinajstić information content (AvgIpc) is 3.04. The van der Waals surface area contributed by atoms with Gasteiger partial charge in [0.25, 0.3) is 5.91 Å². The molecular formula is C17H13F5N2O2. The quantitative estimate of drug-likeness (QED) is 0.772. The highest BCUT2D eigenvalue weighted by atomic mass is 19.4. The minimum atomic E-state index is -4.51. The van der Waals surface area contributed by atoms with Crippen molar-refractivity contribution < 1.29 is 31.5 Å². The van der Waals surface area contributed by atoms with Crippen LogP contribution in [0.3, 0.4) is 0 Å². The number of aromatic nitrogens is 1. The molecule has 0 saturated carbocycles. The van der Waals surface area contributed by atoms with E-state index in [2.05, 4.69) is 4.98 Å². The Morgan fingerprint density at radius 2 is 1.92 bits per heavy atom. The maximum absolute atomic E-state index is 13.3. The molecule has 4 nitrogen and oxygen atoms in total. The van der Waals surface area contributed by atoms with Crippen LogP contribution in [-0.2, 0) is 6.18 Å². The topological polar surface area (TPSA) is 42.4 Å². The van der Waals surface area contributed by atoms with Crippen molar-refractivity contribution in [3.63, 3.8) is 0 Å². The van der Waals surface area contributed by atoms with Crippen molar-refractivity contribution in [3.05, 3.63) is 59.3 Å². The minimum absolute atomic E-state index is 0.0123. The van der Waals surface area contributed by atoms with E-state index in [9.17, 15) is 26.7 Å². The molecule has 1 aliphatic heterocycles. The second-order valence-corrected chi connectivity index (χ2v) is 5.79. The number of pyridine rings is 1. The number of carbonyl (C=O) groups is 1. The van der Waals surface area contributed by atoms with Crippen LogP contribution in [-0.4, -0.2) is 35.0 Å². The Hall–Kier alpha value is -2.71. The molecule has 0 bridgehead atoms. The van der Waals surface area contributed by atoms with Gasteiger partial charge in [0, 0.05) is 30.8 Å². The third-order valence-corrected chi connectivity index (χ3v) is 3.95. The molecule has 138 valence electrons. The highest BCUT2D eigenvalue weighted by molar-refractivity contribution is 5.94. The first-order valence-corrected chi connectivity index (χ1v) is 7.68. The molecular weight excluding hydrogens is 359 g/mol. The van der Waals surface area contributed by atoms with Crippen LogP contribution in [0.5, 0.6) is 5.88 Å². The number of amides is 1. The minimum Gasteiger partial charge on any atom is -0.472 e. The zero-order valence-corrected chi connectivity index (χ0v) is 13.3. The van der Waals surface area contributed by atoms with Crippen molar-refractivity contribution in [2.75, 3.05) is 13.1 Å². The number of rotatable bonds is 3. The number of hydrogen-bond donors (Lipinski definition) is 0. The Morgan fingerprint density at radius 3 is 2.62 bits per heavy atom. The second-order valence-electron chi connectivity index (χ2n) is 5.79. The first-order valence-electron chi connectivity index (χ1n) is 7.68. The number of nitrogens with zero attached hydrogens (tertiary/aromatic N) is 2. The number of alkyl halides is 3. The molecule has 2 heterocycles. The van der Waals surface area contributed by atoms with Gasteiger partial charge in [-0.3, -0.25) is 4.79 Å². The first-order chi connectivity index (χ1) is 12.2. The van der Waals surface area contributed by atoms with Crippen molar-refractivity contribution in [1.82, 2.24) is 9.88 Å². The number of benzene rings is 1. The lowest BCUT2D eigenvalue weighted by atomic mass is 10.2. The molecule has 0 spiro atoms. The molecule has 2 aromatic rings. The number of likely N-dealkylation sites (tertiary alicyclic amines) is 1. The second kappa shape index (κ2) is 6.89. The lowest BCUT2D eigenvalue weighted by Gasteiger charge is -2.17. The fourth-order valence-corrected chi connectivity index (χ4v) is 2.64. The third-order valence-electron chi connectivity index (χ3n) is 3.95. The van der Waals surface area contributed by atoms with E-state index >= 15 is 0 Å². The number of carbonyl (C=O) groups excluding carboxylic acids is 1. The monoisotopic (exact) mass is 372 g/mol. The van der Waals surface area contributed by atoms with Crippen LogP contribution >= 0.6 is 0 Å². The number of hydrogen-bond acceptors (Lipinski definition) is 3. The van der Waals surface area contributed by atoms with Crippen LogP contribution in [0, 0.1) is 11.6 Å². The highest BCUT2D eigenvalue weighted by Gasteiger charge is 2.32. The Labute approximate surface area is 145 Å². The average molecular weight is 372 g/mol. The van der Waals surface area contributed by atoms with Crippen molar-refractivity contribution in [1.29, 1.82) is 0 Å². The normalized spacial score (nSPS) is 17.4. The Morgan fingerprint density at radius 1 is 1.15 bits per heavy atom. The van der Waals surface area contributed by atoms with E-state index in [-0.39, 0.29) is 24.5 Å². The first kappa shape index (κ1) is 18.1. The van der Waals surface area contributed by atoms with Gasteiger partial charge in [-0.15, -0.1) is 0 Å². The van der Waals surface area contributed by atoms with Crippen LogP contribution in [0.2, 0.25) is 0 Å². The van der Waals surface area contributed by atoms with Gasteiger partial charge in [0.1, 0.15) is 6.10 Å². The lowest BCUT2D eigenvalue weighted by molar-refractivity contribution is -0.137. The Bertz CT molecular complexity index is 825. The molecule has 1 amide bonds. The zero-order chi connectivity index (χ0) is 18.9. The summed E-state index contributed by atoms with van der Waals surface area (Å²) >= 11 is 0. The van der Waals surface area contributed by atoms with Crippen LogP contribution in [0.15, 0.2) is 36.5 Å². The molecule has 1 aliphatic rings. The van der Waals surface area contributed by atoms with E-state index in [0.29, 0.717) is 6.42 Å². The molecule has 0 N–H and O–H groups in total. The summed E-state index contributed by atoms with van der Waals surface area (Å²) in [6.07, 6.45) is -3.67. The van der Waals surface area contributed by atoms with Crippen LogP contribution in [0.1, 0.15) is 22.3 Å². The fourth-order valence-electron chi connectivity index (χ4n) is 2.64. The maximum atomic E-state index is 13.3. The van der Waals surface area contributed by atoms with Gasteiger partial charge in [0.2, 0.25) is 5.88 Å². The molecule has 0 unspecified atom stereocenters. The van der Waals surface area contributed by atoms with E-state index in [0.717, 1.165) is 30.5 Å². The van der Waals surface area contributed by atoms with E-state index in [1.807, 2.05) is 0 Å². The maximum Gasteiger partial charge on any atom is 0.416 e. The molecule has 1 aromatic heterocycles. The van der Waals surface area contributed by atoms with Crippen molar-refractivity contribution in [2.45, 2.75) is 18.7 Å². The fraction of sp³-hybridized carbons (Fsp3) is 0.294. The van der Waals surface area contributed by atoms with Crippen LogP contribution in [0.4, 0.5) is 22.0 Å². The van der Waals surface area contributed by atoms with E-state index in [1.54, 1.807) is 0 Å². The van der Waals surface area contributed by atoms with Crippen molar-refractivity contribution >= 4 is 5.91 Å². The predicted octanol–water partition coefficient (Wildman–Crippen LogP) is 3.67. The summed E-state index contributed by atoms with van der Waals surface area (Å²) in [5, 5.41) is 0. The molecule has 0 radical (unpaired) electrons. The smallest absolute Gasteiger partial charge is 0.416 e. The molecule has 3 rings (SSSR count). The lowest BCUT2D eigenvalue weighted by Crippen LogP contribution is -2.31. The Kier molecular flexibility index (Phi) is 4.80. The zero-order valence-electron chi connectivity index (χ0n) is 13.3. The van der Waals surface area contributed by atoms with Gasteiger partial charge in [-0.25, -0.2) is 13.8 Å². The summed E-state index contributed by atoms with van der Waals surface area (Å²) < 4.78 is 69.8. The largest absolute Gasteiger partial charge is 0.472 e. The van der Waals surface area contributed by atoms with Crippen molar-refractivity contribution in [2.24, 2.45) is 0 Å². The highest BCUT2D eigenvalue weighted by Crippen LogP contribution is 2.31. The van der Waals surface area contributed by atoms with Gasteiger partial charge in [-0.2, -0.15) is 13.2 Å². The molecule has 26 heavy (non-hydrogen) atoms. The van der Waals surface area contributed by atoms with Crippen LogP contribution < -0.4 is 4.74 Å². The standard InChI is InChI=1S/C17H13F5N2O2/c18-13-2-1-10(7-14(13)19)16(25)24-6-4-12(9-24)26-15-8-11(3-5-23-15)17(20,21)22/h1-3,5,7-8,12H,4,6,9H2/t12-/m1/s1. The third kappa shape index (κ3) is 3.92. The summed E-state index contributed by atoms with van der Waals surface area (Å²) in [5.74, 6) is -2.88. The summed E-state index contributed by atoms with van der Waals surface area (Å²) in [6.45, 7) is 0.386. The van der Waals surface area contributed by atoms with Gasteiger partial charge < -0.3 is 9.64 Å². The van der Waals surface area contributed by atoms with Gasteiger partial charge >= 0.3 is 6.18 Å². The molecule has 9 heteroatoms. The van der Waals surface area contributed by atoms with Crippen molar-refractivity contribution in [3.8, 4) is 5.88 Å². The molecule has 1 saturated heterocycles. The van der Waals surface area contributed by atoms with Gasteiger partial charge in [-0.05, 0) is 24.3 Å². The van der Waals surface area contributed by atoms with E-state index < -0.39 is 35.4 Å². The van der Waals surface area contributed by atoms with Gasteiger partial charge in [0.15, 0.2) is 11.6 Å². The summed E-state index contributed by atoms with van der Waals surface area (Å²) in [7, 11) is 0. The molecule has 0 aliphatic carbocycles. The van der Waals surface area contributed by atoms with E-state index in [1.165, 1.54) is 11.0 Å². The number of ether oxygens (including phenoxy) is 1. The van der Waals surface area contributed by atoms with Gasteiger partial charge in [0.05, 0.1) is 12.1 Å². The Balaban J connectivity index is 1.65. The molecule has 1 atom stereocenters. The number of halogens is 5. The summed E-state index contributed by atoms with van der Waals surface area (Å²) in [5.41, 5.74) is -0.892. The predicted molar refractivity (Wildman–Crippen MR) is 80.5 cm³/mol. The SMILES string of the molecule is O=C(c1ccc(F)c(F)c1)N1CC[C@@H](Oc2cc(C(F)(F)F)ccn2)C1. The van der Waals surface area contributed by atoms with E-state index in [4.69, 9.17) is 4.74 Å². The summed E-state index contributed by atoms with van der Waals surface area (Å²) in [6, 6.07) is 4.46. The van der Waals surface area contributed by atoms with Crippen LogP contribution in [0.25, 0.3) is 0 Å². The summed E-state index contributed by atoms with van der Waals surface area (Å²) in [4.78, 5) is 17.4. The molecule has 1 aromatic carbocycles. The van der Waals surface area contributed by atoms with Gasteiger partial charge in [-0.1, -0.05) is 0 Å². The molecule has 1 fully saturated rings.